The molecule has 0 aliphatic carbocycles. The third-order valence-electron chi connectivity index (χ3n) is 5.29. The molecule has 1 amide bonds. The van der Waals surface area contributed by atoms with Gasteiger partial charge in [0.25, 0.3) is 5.91 Å². The van der Waals surface area contributed by atoms with Crippen molar-refractivity contribution < 1.29 is 4.79 Å². The Morgan fingerprint density at radius 3 is 2.89 bits per heavy atom. The summed E-state index contributed by atoms with van der Waals surface area (Å²) in [4.78, 5) is 18.9. The number of pyridine rings is 2. The van der Waals surface area contributed by atoms with Crippen LogP contribution in [-0.2, 0) is 7.05 Å². The topological polar surface area (TPSA) is 81.2 Å². The summed E-state index contributed by atoms with van der Waals surface area (Å²) in [5.41, 5.74) is 4.38. The van der Waals surface area contributed by atoms with Gasteiger partial charge < -0.3 is 4.90 Å². The summed E-state index contributed by atoms with van der Waals surface area (Å²) >= 11 is 0. The molecule has 0 radical (unpaired) electrons. The molecule has 0 spiro atoms. The number of hydrogen-bond donors (Lipinski definition) is 0. The van der Waals surface area contributed by atoms with Crippen molar-refractivity contribution in [2.24, 2.45) is 7.05 Å². The second-order valence-electron chi connectivity index (χ2n) is 6.96. The average molecular weight is 373 g/mol. The number of nitrogens with zero attached hydrogens (tertiary/aromatic N) is 7. The molecule has 8 heteroatoms. The van der Waals surface area contributed by atoms with Gasteiger partial charge in [-0.25, -0.2) is 4.52 Å². The highest BCUT2D eigenvalue weighted by molar-refractivity contribution is 5.94. The lowest BCUT2D eigenvalue weighted by molar-refractivity contribution is 0.0733. The van der Waals surface area contributed by atoms with Crippen LogP contribution in [0.2, 0.25) is 0 Å². The maximum absolute atomic E-state index is 13.0. The summed E-state index contributed by atoms with van der Waals surface area (Å²) in [5.74, 6) is -0.0109. The van der Waals surface area contributed by atoms with Crippen LogP contribution in [0.3, 0.4) is 0 Å². The molecule has 140 valence electrons. The molecule has 4 aromatic rings. The number of rotatable bonds is 3. The lowest BCUT2D eigenvalue weighted by Crippen LogP contribution is -2.30. The van der Waals surface area contributed by atoms with Crippen molar-refractivity contribution in [1.82, 2.24) is 34.5 Å². The minimum absolute atomic E-state index is 0.0109. The Balaban J connectivity index is 1.50. The fraction of sp³-hybridized carbons (Fsp3) is 0.250. The molecule has 0 bridgehead atoms. The van der Waals surface area contributed by atoms with E-state index < -0.39 is 0 Å². The van der Waals surface area contributed by atoms with Crippen LogP contribution < -0.4 is 0 Å². The van der Waals surface area contributed by atoms with Crippen LogP contribution in [-0.4, -0.2) is 46.9 Å². The van der Waals surface area contributed by atoms with Gasteiger partial charge in [0.1, 0.15) is 5.69 Å². The summed E-state index contributed by atoms with van der Waals surface area (Å²) in [6, 6.07) is 9.53. The second kappa shape index (κ2) is 6.56. The first-order valence-corrected chi connectivity index (χ1v) is 9.27. The first-order valence-electron chi connectivity index (χ1n) is 9.27. The van der Waals surface area contributed by atoms with Gasteiger partial charge in [0.2, 0.25) is 0 Å². The maximum Gasteiger partial charge on any atom is 0.255 e. The lowest BCUT2D eigenvalue weighted by atomic mass is 10.1. The van der Waals surface area contributed by atoms with Gasteiger partial charge in [0.05, 0.1) is 22.8 Å². The molecular weight excluding hydrogens is 354 g/mol. The number of fused-ring (bicyclic) bond motifs is 1. The van der Waals surface area contributed by atoms with Crippen LogP contribution in [0, 0.1) is 0 Å². The summed E-state index contributed by atoms with van der Waals surface area (Å²) in [6.45, 7) is 0.713. The molecule has 1 aliphatic rings. The quantitative estimate of drug-likeness (QED) is 0.551. The van der Waals surface area contributed by atoms with Crippen LogP contribution >= 0.6 is 0 Å². The molecule has 1 atom stereocenters. The standard InChI is InChI=1S/C20H19N7O/c1-25-16(8-10-22-25)15-6-7-18-19(23-24-27(18)13-15)17-5-3-11-26(17)20(28)14-4-2-9-21-12-14/h2,4,6-10,12-13,17H,3,5,11H2,1H3. The molecule has 1 aliphatic heterocycles. The highest BCUT2D eigenvalue weighted by Crippen LogP contribution is 2.34. The number of carbonyl (C=O) groups is 1. The Labute approximate surface area is 161 Å². The van der Waals surface area contributed by atoms with Gasteiger partial charge in [0.15, 0.2) is 0 Å². The normalized spacial score (nSPS) is 16.8. The van der Waals surface area contributed by atoms with E-state index in [0.29, 0.717) is 12.1 Å². The fourth-order valence-corrected chi connectivity index (χ4v) is 3.91. The molecule has 5 rings (SSSR count). The summed E-state index contributed by atoms with van der Waals surface area (Å²) in [5, 5.41) is 13.0. The van der Waals surface area contributed by atoms with Gasteiger partial charge in [-0.3, -0.25) is 14.5 Å². The van der Waals surface area contributed by atoms with E-state index in [1.807, 2.05) is 41.0 Å². The zero-order chi connectivity index (χ0) is 19.1. The van der Waals surface area contributed by atoms with Gasteiger partial charge in [-0.15, -0.1) is 5.10 Å². The highest BCUT2D eigenvalue weighted by atomic mass is 16.2. The zero-order valence-corrected chi connectivity index (χ0v) is 15.4. The van der Waals surface area contributed by atoms with Crippen LogP contribution in [0.1, 0.15) is 34.9 Å². The predicted molar refractivity (Wildman–Crippen MR) is 102 cm³/mol. The van der Waals surface area contributed by atoms with Crippen LogP contribution in [0.15, 0.2) is 55.1 Å². The van der Waals surface area contributed by atoms with Crippen molar-refractivity contribution >= 4 is 11.4 Å². The summed E-state index contributed by atoms with van der Waals surface area (Å²) < 4.78 is 3.60. The van der Waals surface area contributed by atoms with Crippen molar-refractivity contribution in [1.29, 1.82) is 0 Å². The summed E-state index contributed by atoms with van der Waals surface area (Å²) in [7, 11) is 1.91. The summed E-state index contributed by atoms with van der Waals surface area (Å²) in [6.07, 6.45) is 8.83. The van der Waals surface area contributed by atoms with E-state index in [-0.39, 0.29) is 11.9 Å². The molecule has 1 unspecified atom stereocenters. The first-order chi connectivity index (χ1) is 13.7. The van der Waals surface area contributed by atoms with E-state index in [1.54, 1.807) is 35.2 Å². The largest absolute Gasteiger partial charge is 0.330 e. The Hall–Kier alpha value is -3.55. The highest BCUT2D eigenvalue weighted by Gasteiger charge is 2.33. The second-order valence-corrected chi connectivity index (χ2v) is 6.96. The molecule has 4 aromatic heterocycles. The van der Waals surface area contributed by atoms with Gasteiger partial charge >= 0.3 is 0 Å². The van der Waals surface area contributed by atoms with E-state index in [2.05, 4.69) is 20.4 Å². The maximum atomic E-state index is 13.0. The molecule has 8 nitrogen and oxygen atoms in total. The monoisotopic (exact) mass is 373 g/mol. The van der Waals surface area contributed by atoms with E-state index in [4.69, 9.17) is 0 Å². The number of likely N-dealkylation sites (tertiary alicyclic amines) is 1. The molecule has 0 N–H and O–H groups in total. The number of carbonyl (C=O) groups excluding carboxylic acids is 1. The Bertz CT molecular complexity index is 1150. The lowest BCUT2D eigenvalue weighted by Gasteiger charge is -2.23. The van der Waals surface area contributed by atoms with Crippen LogP contribution in [0.5, 0.6) is 0 Å². The number of aromatic nitrogens is 6. The van der Waals surface area contributed by atoms with Gasteiger partial charge in [-0.05, 0) is 43.2 Å². The fourth-order valence-electron chi connectivity index (χ4n) is 3.91. The van der Waals surface area contributed by atoms with E-state index >= 15 is 0 Å². The van der Waals surface area contributed by atoms with E-state index in [9.17, 15) is 4.79 Å². The SMILES string of the molecule is Cn1nccc1-c1ccc2c(C3CCCN3C(=O)c3cccnc3)nnn2c1. The van der Waals surface area contributed by atoms with Gasteiger partial charge in [0, 0.05) is 43.9 Å². The molecule has 1 fully saturated rings. The average Bonchev–Trinajstić information content (AvgIpc) is 3.46. The van der Waals surface area contributed by atoms with Gasteiger partial charge in [-0.1, -0.05) is 5.21 Å². The molecule has 0 saturated carbocycles. The third-order valence-corrected chi connectivity index (χ3v) is 5.29. The number of hydrogen-bond acceptors (Lipinski definition) is 5. The Morgan fingerprint density at radius 1 is 1.18 bits per heavy atom. The smallest absolute Gasteiger partial charge is 0.255 e. The number of amides is 1. The van der Waals surface area contributed by atoms with Crippen LogP contribution in [0.4, 0.5) is 0 Å². The predicted octanol–water partition coefficient (Wildman–Crippen LogP) is 2.50. The molecule has 5 heterocycles. The Morgan fingerprint density at radius 2 is 2.11 bits per heavy atom. The van der Waals surface area contributed by atoms with Crippen LogP contribution in [0.25, 0.3) is 16.8 Å². The molecule has 0 aromatic carbocycles. The van der Waals surface area contributed by atoms with E-state index in [0.717, 1.165) is 35.3 Å². The molecular formula is C20H19N7O. The van der Waals surface area contributed by atoms with Crippen molar-refractivity contribution in [2.75, 3.05) is 6.54 Å². The number of aryl methyl sites for hydroxylation is 1. The molecule has 28 heavy (non-hydrogen) atoms. The Kier molecular flexibility index (Phi) is 3.89. The van der Waals surface area contributed by atoms with Crippen molar-refractivity contribution in [3.05, 3.63) is 66.4 Å². The minimum Gasteiger partial charge on any atom is -0.330 e. The third kappa shape index (κ3) is 2.65. The van der Waals surface area contributed by atoms with Crippen molar-refractivity contribution in [3.8, 4) is 11.3 Å². The van der Waals surface area contributed by atoms with E-state index in [1.165, 1.54) is 0 Å². The zero-order valence-electron chi connectivity index (χ0n) is 15.4. The first kappa shape index (κ1) is 16.6. The molecule has 1 saturated heterocycles. The van der Waals surface area contributed by atoms with Crippen molar-refractivity contribution in [3.63, 3.8) is 0 Å². The van der Waals surface area contributed by atoms with Gasteiger partial charge in [-0.2, -0.15) is 5.10 Å². The van der Waals surface area contributed by atoms with Crippen molar-refractivity contribution in [2.45, 2.75) is 18.9 Å². The minimum atomic E-state index is -0.0761.